The highest BCUT2D eigenvalue weighted by Crippen LogP contribution is 2.36. The van der Waals surface area contributed by atoms with E-state index in [4.69, 9.17) is 0 Å². The van der Waals surface area contributed by atoms with E-state index in [0.717, 1.165) is 19.0 Å². The van der Waals surface area contributed by atoms with Crippen LogP contribution in [0.2, 0.25) is 0 Å². The van der Waals surface area contributed by atoms with Crippen LogP contribution in [0.25, 0.3) is 0 Å². The summed E-state index contributed by atoms with van der Waals surface area (Å²) >= 11 is 0. The van der Waals surface area contributed by atoms with Crippen LogP contribution in [0.15, 0.2) is 0 Å². The maximum absolute atomic E-state index is 11.8. The number of urea groups is 1. The largest absolute Gasteiger partial charge is 0.336 e. The summed E-state index contributed by atoms with van der Waals surface area (Å²) < 4.78 is 0. The number of rotatable bonds is 4. The maximum Gasteiger partial charge on any atom is 0.315 e. The summed E-state index contributed by atoms with van der Waals surface area (Å²) in [7, 11) is 0. The summed E-state index contributed by atoms with van der Waals surface area (Å²) in [5.74, 6) is 1.30. The summed E-state index contributed by atoms with van der Waals surface area (Å²) in [6.45, 7) is 8.18. The summed E-state index contributed by atoms with van der Waals surface area (Å²) in [5, 5.41) is 9.66. The van der Waals surface area contributed by atoms with Crippen LogP contribution >= 0.6 is 0 Å². The molecule has 2 aliphatic rings. The topological polar surface area (TPSA) is 53.2 Å². The Morgan fingerprint density at radius 2 is 2.22 bits per heavy atom. The quantitative estimate of drug-likeness (QED) is 0.716. The van der Waals surface area contributed by atoms with Gasteiger partial charge >= 0.3 is 6.03 Å². The Morgan fingerprint density at radius 1 is 1.44 bits per heavy atom. The first-order valence-electron chi connectivity index (χ1n) is 7.30. The average Bonchev–Trinajstić information content (AvgIpc) is 2.62. The maximum atomic E-state index is 11.8. The molecule has 2 fully saturated rings. The predicted molar refractivity (Wildman–Crippen MR) is 73.5 cm³/mol. The van der Waals surface area contributed by atoms with Crippen molar-refractivity contribution in [3.05, 3.63) is 0 Å². The summed E-state index contributed by atoms with van der Waals surface area (Å²) in [6.07, 6.45) is 5.07. The van der Waals surface area contributed by atoms with Crippen molar-refractivity contribution in [2.45, 2.75) is 58.0 Å². The molecule has 18 heavy (non-hydrogen) atoms. The molecule has 0 aromatic carbocycles. The Bertz CT molecular complexity index is 301. The van der Waals surface area contributed by atoms with Crippen molar-refractivity contribution in [3.8, 4) is 0 Å². The third-order valence-corrected chi connectivity index (χ3v) is 4.66. The van der Waals surface area contributed by atoms with Gasteiger partial charge in [0.15, 0.2) is 0 Å². The zero-order valence-electron chi connectivity index (χ0n) is 11.9. The number of carbonyl (C=O) groups excluding carboxylic acids is 1. The monoisotopic (exact) mass is 253 g/mol. The van der Waals surface area contributed by atoms with Gasteiger partial charge in [-0.3, -0.25) is 0 Å². The van der Waals surface area contributed by atoms with Crippen LogP contribution in [-0.4, -0.2) is 30.7 Å². The lowest BCUT2D eigenvalue weighted by atomic mass is 9.80. The van der Waals surface area contributed by atoms with Gasteiger partial charge < -0.3 is 16.0 Å². The molecule has 1 saturated carbocycles. The van der Waals surface area contributed by atoms with Crippen molar-refractivity contribution in [2.75, 3.05) is 13.1 Å². The van der Waals surface area contributed by atoms with E-state index in [9.17, 15) is 4.79 Å². The Balaban J connectivity index is 1.76. The first-order chi connectivity index (χ1) is 8.51. The van der Waals surface area contributed by atoms with Crippen molar-refractivity contribution in [2.24, 2.45) is 11.8 Å². The molecule has 2 rings (SSSR count). The molecular weight excluding hydrogens is 226 g/mol. The minimum absolute atomic E-state index is 0.0265. The molecule has 1 aliphatic heterocycles. The molecule has 2 bridgehead atoms. The summed E-state index contributed by atoms with van der Waals surface area (Å²) in [6, 6.07) is 0.194. The number of nitrogens with one attached hydrogen (secondary N) is 3. The second kappa shape index (κ2) is 5.47. The van der Waals surface area contributed by atoms with Gasteiger partial charge in [-0.1, -0.05) is 20.3 Å². The molecule has 0 aromatic heterocycles. The van der Waals surface area contributed by atoms with Gasteiger partial charge in [0, 0.05) is 18.1 Å². The molecule has 3 unspecified atom stereocenters. The minimum atomic E-state index is -0.0265. The standard InChI is InChI=1S/C14H27N3O/c1-10(2)11(3)17-13(18)15-9-14-6-4-5-12(7-14)8-16-14/h10-12,16H,4-9H2,1-3H3,(H2,15,17,18). The Hall–Kier alpha value is -0.770. The lowest BCUT2D eigenvalue weighted by Gasteiger charge is -2.33. The average molecular weight is 253 g/mol. The van der Waals surface area contributed by atoms with Crippen LogP contribution in [0.3, 0.4) is 0 Å². The molecule has 104 valence electrons. The van der Waals surface area contributed by atoms with E-state index in [-0.39, 0.29) is 17.6 Å². The van der Waals surface area contributed by atoms with Crippen LogP contribution in [0, 0.1) is 11.8 Å². The third kappa shape index (κ3) is 3.16. The van der Waals surface area contributed by atoms with E-state index < -0.39 is 0 Å². The van der Waals surface area contributed by atoms with Crippen molar-refractivity contribution < 1.29 is 4.79 Å². The van der Waals surface area contributed by atoms with Crippen LogP contribution in [0.4, 0.5) is 4.79 Å². The third-order valence-electron chi connectivity index (χ3n) is 4.66. The molecule has 3 N–H and O–H groups in total. The molecule has 1 heterocycles. The first-order valence-corrected chi connectivity index (χ1v) is 7.30. The highest BCUT2D eigenvalue weighted by atomic mass is 16.2. The Kier molecular flexibility index (Phi) is 4.15. The molecule has 4 nitrogen and oxygen atoms in total. The van der Waals surface area contributed by atoms with Crippen molar-refractivity contribution in [1.82, 2.24) is 16.0 Å². The second-order valence-corrected chi connectivity index (χ2v) is 6.48. The van der Waals surface area contributed by atoms with Crippen molar-refractivity contribution >= 4 is 6.03 Å². The number of fused-ring (bicyclic) bond motifs is 2. The number of carbonyl (C=O) groups is 1. The van der Waals surface area contributed by atoms with E-state index in [1.807, 2.05) is 6.92 Å². The van der Waals surface area contributed by atoms with E-state index in [0.29, 0.717) is 5.92 Å². The predicted octanol–water partition coefficient (Wildman–Crippen LogP) is 1.86. The molecule has 0 radical (unpaired) electrons. The van der Waals surface area contributed by atoms with Crippen molar-refractivity contribution in [1.29, 1.82) is 0 Å². The number of hydrogen-bond donors (Lipinski definition) is 3. The fourth-order valence-electron chi connectivity index (χ4n) is 3.08. The Labute approximate surface area is 110 Å². The van der Waals surface area contributed by atoms with Crippen molar-refractivity contribution in [3.63, 3.8) is 0 Å². The van der Waals surface area contributed by atoms with Crippen LogP contribution < -0.4 is 16.0 Å². The summed E-state index contributed by atoms with van der Waals surface area (Å²) in [5.41, 5.74) is 0.182. The normalized spacial score (nSPS) is 32.3. The fraction of sp³-hybridized carbons (Fsp3) is 0.929. The Morgan fingerprint density at radius 3 is 2.94 bits per heavy atom. The second-order valence-electron chi connectivity index (χ2n) is 6.48. The van der Waals surface area contributed by atoms with Gasteiger partial charge in [0.2, 0.25) is 0 Å². The van der Waals surface area contributed by atoms with Gasteiger partial charge in [0.05, 0.1) is 0 Å². The van der Waals surface area contributed by atoms with Gasteiger partial charge in [0.25, 0.3) is 0 Å². The minimum Gasteiger partial charge on any atom is -0.336 e. The fourth-order valence-corrected chi connectivity index (χ4v) is 3.08. The zero-order valence-corrected chi connectivity index (χ0v) is 11.9. The molecule has 1 aliphatic carbocycles. The van der Waals surface area contributed by atoms with Gasteiger partial charge in [0.1, 0.15) is 0 Å². The first kappa shape index (κ1) is 13.7. The molecule has 3 atom stereocenters. The van der Waals surface area contributed by atoms with Gasteiger partial charge in [-0.15, -0.1) is 0 Å². The molecule has 2 amide bonds. The van der Waals surface area contributed by atoms with Crippen LogP contribution in [0.5, 0.6) is 0 Å². The highest BCUT2D eigenvalue weighted by Gasteiger charge is 2.41. The molecule has 0 spiro atoms. The van der Waals surface area contributed by atoms with Gasteiger partial charge in [-0.05, 0) is 44.6 Å². The van der Waals surface area contributed by atoms with E-state index in [2.05, 4.69) is 29.8 Å². The van der Waals surface area contributed by atoms with E-state index >= 15 is 0 Å². The lowest BCUT2D eigenvalue weighted by Crippen LogP contribution is -2.53. The number of hydrogen-bond acceptors (Lipinski definition) is 2. The highest BCUT2D eigenvalue weighted by molar-refractivity contribution is 5.74. The molecular formula is C14H27N3O. The smallest absolute Gasteiger partial charge is 0.315 e. The van der Waals surface area contributed by atoms with E-state index in [1.165, 1.54) is 25.7 Å². The number of amides is 2. The SMILES string of the molecule is CC(C)C(C)NC(=O)NCC12CCCC(CN1)C2. The van der Waals surface area contributed by atoms with Crippen LogP contribution in [0.1, 0.15) is 46.5 Å². The molecule has 4 heteroatoms. The lowest BCUT2D eigenvalue weighted by molar-refractivity contribution is 0.223. The zero-order chi connectivity index (χ0) is 13.2. The van der Waals surface area contributed by atoms with Crippen LogP contribution in [-0.2, 0) is 0 Å². The van der Waals surface area contributed by atoms with Gasteiger partial charge in [-0.25, -0.2) is 4.79 Å². The van der Waals surface area contributed by atoms with Gasteiger partial charge in [-0.2, -0.15) is 0 Å². The molecule has 0 aromatic rings. The molecule has 1 saturated heterocycles. The summed E-state index contributed by atoms with van der Waals surface area (Å²) in [4.78, 5) is 11.8. The van der Waals surface area contributed by atoms with E-state index in [1.54, 1.807) is 0 Å².